The van der Waals surface area contributed by atoms with Gasteiger partial charge in [0.2, 0.25) is 0 Å². The Kier molecular flexibility index (Phi) is 7.65. The first kappa shape index (κ1) is 17.0. The molecule has 0 unspecified atom stereocenters. The molecule has 5 heteroatoms. The Balaban J connectivity index is 2.36. The second-order valence-corrected chi connectivity index (χ2v) is 6.30. The molecule has 1 aromatic carbocycles. The number of carboxylic acid groups (broad SMARTS) is 1. The van der Waals surface area contributed by atoms with E-state index in [1.807, 2.05) is 19.0 Å². The van der Waals surface area contributed by atoms with E-state index in [4.69, 9.17) is 5.11 Å². The van der Waals surface area contributed by atoms with E-state index in [1.165, 1.54) is 10.5 Å². The second kappa shape index (κ2) is 9.00. The molecule has 0 aliphatic carbocycles. The molecular formula is C15H24N2O2S. The summed E-state index contributed by atoms with van der Waals surface area (Å²) in [6.07, 6.45) is 0. The number of benzene rings is 1. The van der Waals surface area contributed by atoms with Gasteiger partial charge >= 0.3 is 5.97 Å². The predicted octanol–water partition coefficient (Wildman–Crippen LogP) is 2.04. The maximum Gasteiger partial charge on any atom is 0.317 e. The number of aryl methyl sites for hydroxylation is 1. The summed E-state index contributed by atoms with van der Waals surface area (Å²) < 4.78 is 0. The van der Waals surface area contributed by atoms with Gasteiger partial charge in [0.05, 0.1) is 6.54 Å². The molecule has 0 aromatic heterocycles. The molecule has 0 amide bonds. The fourth-order valence-corrected chi connectivity index (χ4v) is 2.64. The van der Waals surface area contributed by atoms with Crippen molar-refractivity contribution < 1.29 is 9.90 Å². The van der Waals surface area contributed by atoms with Crippen LogP contribution in [0.25, 0.3) is 0 Å². The van der Waals surface area contributed by atoms with Gasteiger partial charge in [-0.1, -0.05) is 17.7 Å². The molecular weight excluding hydrogens is 272 g/mol. The molecule has 0 heterocycles. The number of carbonyl (C=O) groups is 1. The van der Waals surface area contributed by atoms with E-state index in [0.29, 0.717) is 0 Å². The monoisotopic (exact) mass is 296 g/mol. The summed E-state index contributed by atoms with van der Waals surface area (Å²) in [7, 11) is 4.00. The zero-order valence-corrected chi connectivity index (χ0v) is 13.3. The van der Waals surface area contributed by atoms with Gasteiger partial charge < -0.3 is 10.0 Å². The molecule has 1 rings (SSSR count). The van der Waals surface area contributed by atoms with Gasteiger partial charge in [-0.05, 0) is 33.2 Å². The van der Waals surface area contributed by atoms with Gasteiger partial charge in [-0.25, -0.2) is 0 Å². The highest BCUT2D eigenvalue weighted by atomic mass is 32.2. The standard InChI is InChI=1S/C15H24N2O2S/c1-13-4-6-14(7-5-13)20-11-10-17(12-15(18)19)9-8-16(2)3/h4-7H,8-12H2,1-3H3,(H,18,19). The van der Waals surface area contributed by atoms with Crippen LogP contribution >= 0.6 is 11.8 Å². The van der Waals surface area contributed by atoms with Gasteiger partial charge in [-0.2, -0.15) is 0 Å². The number of hydrogen-bond donors (Lipinski definition) is 1. The molecule has 0 radical (unpaired) electrons. The minimum absolute atomic E-state index is 0.113. The predicted molar refractivity (Wildman–Crippen MR) is 84.5 cm³/mol. The Morgan fingerprint density at radius 2 is 1.80 bits per heavy atom. The summed E-state index contributed by atoms with van der Waals surface area (Å²) >= 11 is 1.77. The van der Waals surface area contributed by atoms with Crippen molar-refractivity contribution in [1.82, 2.24) is 9.80 Å². The van der Waals surface area contributed by atoms with E-state index in [-0.39, 0.29) is 6.54 Å². The third-order valence-corrected chi connectivity index (χ3v) is 3.91. The fourth-order valence-electron chi connectivity index (χ4n) is 1.73. The molecule has 0 aliphatic rings. The zero-order valence-electron chi connectivity index (χ0n) is 12.5. The lowest BCUT2D eigenvalue weighted by Gasteiger charge is -2.22. The highest BCUT2D eigenvalue weighted by Gasteiger charge is 2.09. The molecule has 0 atom stereocenters. The van der Waals surface area contributed by atoms with E-state index in [9.17, 15) is 4.79 Å². The van der Waals surface area contributed by atoms with Crippen LogP contribution in [0.1, 0.15) is 5.56 Å². The van der Waals surface area contributed by atoms with Crippen molar-refractivity contribution in [3.63, 3.8) is 0 Å². The van der Waals surface area contributed by atoms with Crippen LogP contribution < -0.4 is 0 Å². The van der Waals surface area contributed by atoms with Crippen LogP contribution in [0.15, 0.2) is 29.2 Å². The molecule has 0 saturated heterocycles. The average molecular weight is 296 g/mol. The van der Waals surface area contributed by atoms with E-state index in [1.54, 1.807) is 11.8 Å². The van der Waals surface area contributed by atoms with Gasteiger partial charge in [-0.15, -0.1) is 11.8 Å². The minimum Gasteiger partial charge on any atom is -0.480 e. The molecule has 4 nitrogen and oxygen atoms in total. The van der Waals surface area contributed by atoms with Crippen LogP contribution in [-0.2, 0) is 4.79 Å². The number of nitrogens with zero attached hydrogens (tertiary/aromatic N) is 2. The highest BCUT2D eigenvalue weighted by Crippen LogP contribution is 2.18. The van der Waals surface area contributed by atoms with Crippen molar-refractivity contribution in [3.8, 4) is 0 Å². The van der Waals surface area contributed by atoms with Crippen molar-refractivity contribution in [2.75, 3.05) is 46.0 Å². The normalized spacial score (nSPS) is 11.2. The Hall–Kier alpha value is -1.04. The molecule has 0 spiro atoms. The van der Waals surface area contributed by atoms with Crippen LogP contribution in [0, 0.1) is 6.92 Å². The molecule has 0 saturated carbocycles. The number of likely N-dealkylation sites (N-methyl/N-ethyl adjacent to an activating group) is 1. The van der Waals surface area contributed by atoms with Crippen molar-refractivity contribution in [1.29, 1.82) is 0 Å². The van der Waals surface area contributed by atoms with E-state index in [0.717, 1.165) is 25.4 Å². The van der Waals surface area contributed by atoms with Gasteiger partial charge in [0, 0.05) is 30.3 Å². The van der Waals surface area contributed by atoms with Gasteiger partial charge in [0.25, 0.3) is 0 Å². The first-order valence-electron chi connectivity index (χ1n) is 6.75. The van der Waals surface area contributed by atoms with Crippen LogP contribution in [0.4, 0.5) is 0 Å². The van der Waals surface area contributed by atoms with Crippen molar-refractivity contribution >= 4 is 17.7 Å². The topological polar surface area (TPSA) is 43.8 Å². The van der Waals surface area contributed by atoms with E-state index >= 15 is 0 Å². The number of aliphatic carboxylic acids is 1. The Bertz CT molecular complexity index is 407. The first-order chi connectivity index (χ1) is 9.47. The maximum atomic E-state index is 10.9. The van der Waals surface area contributed by atoms with Crippen molar-refractivity contribution in [2.45, 2.75) is 11.8 Å². The summed E-state index contributed by atoms with van der Waals surface area (Å²) in [6, 6.07) is 8.43. The van der Waals surface area contributed by atoms with E-state index in [2.05, 4.69) is 36.1 Å². The van der Waals surface area contributed by atoms with Gasteiger partial charge in [-0.3, -0.25) is 9.69 Å². The smallest absolute Gasteiger partial charge is 0.317 e. The SMILES string of the molecule is Cc1ccc(SCCN(CCN(C)C)CC(=O)O)cc1. The number of carboxylic acids is 1. The lowest BCUT2D eigenvalue weighted by molar-refractivity contribution is -0.138. The average Bonchev–Trinajstić information content (AvgIpc) is 2.37. The molecule has 1 N–H and O–H groups in total. The van der Waals surface area contributed by atoms with Crippen LogP contribution in [-0.4, -0.2) is 66.9 Å². The molecule has 112 valence electrons. The highest BCUT2D eigenvalue weighted by molar-refractivity contribution is 7.99. The summed E-state index contributed by atoms with van der Waals surface area (Å²) in [4.78, 5) is 16.2. The van der Waals surface area contributed by atoms with Crippen LogP contribution in [0.2, 0.25) is 0 Å². The Morgan fingerprint density at radius 3 is 2.35 bits per heavy atom. The molecule has 1 aromatic rings. The summed E-state index contributed by atoms with van der Waals surface area (Å²) in [5, 5.41) is 8.93. The minimum atomic E-state index is -0.760. The number of thioether (sulfide) groups is 1. The third-order valence-electron chi connectivity index (χ3n) is 2.92. The summed E-state index contributed by atoms with van der Waals surface area (Å²) in [6.45, 7) is 4.64. The zero-order chi connectivity index (χ0) is 15.0. The maximum absolute atomic E-state index is 10.9. The number of rotatable bonds is 9. The molecule has 20 heavy (non-hydrogen) atoms. The fraction of sp³-hybridized carbons (Fsp3) is 0.533. The largest absolute Gasteiger partial charge is 0.480 e. The van der Waals surface area contributed by atoms with Crippen molar-refractivity contribution in [3.05, 3.63) is 29.8 Å². The lowest BCUT2D eigenvalue weighted by atomic mass is 10.2. The van der Waals surface area contributed by atoms with Crippen molar-refractivity contribution in [2.24, 2.45) is 0 Å². The van der Waals surface area contributed by atoms with Crippen LogP contribution in [0.3, 0.4) is 0 Å². The summed E-state index contributed by atoms with van der Waals surface area (Å²) in [5.41, 5.74) is 1.26. The molecule has 0 aliphatic heterocycles. The lowest BCUT2D eigenvalue weighted by Crippen LogP contribution is -2.37. The molecule has 0 fully saturated rings. The molecule has 0 bridgehead atoms. The quantitative estimate of drug-likeness (QED) is 0.706. The van der Waals surface area contributed by atoms with Crippen LogP contribution in [0.5, 0.6) is 0 Å². The Morgan fingerprint density at radius 1 is 1.15 bits per heavy atom. The van der Waals surface area contributed by atoms with Gasteiger partial charge in [0.15, 0.2) is 0 Å². The first-order valence-corrected chi connectivity index (χ1v) is 7.74. The van der Waals surface area contributed by atoms with Gasteiger partial charge in [0.1, 0.15) is 0 Å². The van der Waals surface area contributed by atoms with E-state index < -0.39 is 5.97 Å². The third kappa shape index (κ3) is 7.53. The summed E-state index contributed by atoms with van der Waals surface area (Å²) in [5.74, 6) is 0.146. The second-order valence-electron chi connectivity index (χ2n) is 5.13. The number of hydrogen-bond acceptors (Lipinski definition) is 4. The Labute approximate surface area is 125 Å².